The van der Waals surface area contributed by atoms with Gasteiger partial charge in [-0.2, -0.15) is 0 Å². The number of rotatable bonds is 63. The topological polar surface area (TPSA) is 78.9 Å². The number of allylic oxidation sites excluding steroid dienone is 12. The third kappa shape index (κ3) is 65.5. The zero-order valence-electron chi connectivity index (χ0n) is 52.6. The number of carbonyl (C=O) groups is 3. The van der Waals surface area contributed by atoms with E-state index in [1.54, 1.807) is 0 Å². The van der Waals surface area contributed by atoms with Crippen LogP contribution in [0.5, 0.6) is 0 Å². The molecule has 0 aliphatic carbocycles. The lowest BCUT2D eigenvalue weighted by atomic mass is 10.0. The first-order valence-electron chi connectivity index (χ1n) is 34.4. The Morgan fingerprint density at radius 2 is 0.494 bits per heavy atom. The first-order chi connectivity index (χ1) is 39.0. The molecule has 1 atom stereocenters. The molecule has 79 heavy (non-hydrogen) atoms. The maximum absolute atomic E-state index is 12.9. The van der Waals surface area contributed by atoms with E-state index in [1.165, 1.54) is 205 Å². The Bertz CT molecular complexity index is 1450. The molecule has 0 aromatic heterocycles. The van der Waals surface area contributed by atoms with Gasteiger partial charge in [-0.25, -0.2) is 0 Å². The van der Waals surface area contributed by atoms with Gasteiger partial charge < -0.3 is 14.2 Å². The summed E-state index contributed by atoms with van der Waals surface area (Å²) in [5.74, 6) is -0.935. The van der Waals surface area contributed by atoms with Crippen LogP contribution >= 0.6 is 0 Å². The van der Waals surface area contributed by atoms with Gasteiger partial charge >= 0.3 is 17.9 Å². The minimum absolute atomic E-state index is 0.0941. The minimum Gasteiger partial charge on any atom is -0.462 e. The summed E-state index contributed by atoms with van der Waals surface area (Å²) >= 11 is 0. The van der Waals surface area contributed by atoms with Gasteiger partial charge in [0.25, 0.3) is 0 Å². The third-order valence-electron chi connectivity index (χ3n) is 15.2. The van der Waals surface area contributed by atoms with Crippen LogP contribution in [0.1, 0.15) is 355 Å². The van der Waals surface area contributed by atoms with Crippen LogP contribution in [0.4, 0.5) is 0 Å². The quantitative estimate of drug-likeness (QED) is 0.0261. The fourth-order valence-corrected chi connectivity index (χ4v) is 10.1. The Kier molecular flexibility index (Phi) is 64.7. The first-order valence-corrected chi connectivity index (χ1v) is 34.4. The number of esters is 3. The van der Waals surface area contributed by atoms with E-state index >= 15 is 0 Å². The lowest BCUT2D eigenvalue weighted by Gasteiger charge is -2.18. The number of carbonyl (C=O) groups excluding carboxylic acids is 3. The van der Waals surface area contributed by atoms with E-state index in [-0.39, 0.29) is 37.5 Å². The summed E-state index contributed by atoms with van der Waals surface area (Å²) in [4.78, 5) is 38.3. The highest BCUT2D eigenvalue weighted by atomic mass is 16.6. The second-order valence-electron chi connectivity index (χ2n) is 23.1. The van der Waals surface area contributed by atoms with Crippen molar-refractivity contribution in [1.82, 2.24) is 0 Å². The molecule has 0 heterocycles. The van der Waals surface area contributed by atoms with Gasteiger partial charge in [0.15, 0.2) is 6.10 Å². The fourth-order valence-electron chi connectivity index (χ4n) is 10.1. The lowest BCUT2D eigenvalue weighted by Crippen LogP contribution is -2.30. The Hall–Kier alpha value is -3.15. The molecule has 0 bridgehead atoms. The van der Waals surface area contributed by atoms with Crippen molar-refractivity contribution >= 4 is 17.9 Å². The molecule has 0 spiro atoms. The van der Waals surface area contributed by atoms with E-state index in [9.17, 15) is 14.4 Å². The van der Waals surface area contributed by atoms with Crippen molar-refractivity contribution in [1.29, 1.82) is 0 Å². The zero-order valence-corrected chi connectivity index (χ0v) is 52.6. The van der Waals surface area contributed by atoms with Crippen molar-refractivity contribution in [3.63, 3.8) is 0 Å². The molecule has 1 unspecified atom stereocenters. The number of unbranched alkanes of at least 4 members (excludes halogenated alkanes) is 40. The van der Waals surface area contributed by atoms with E-state index in [2.05, 4.69) is 93.7 Å². The van der Waals surface area contributed by atoms with Crippen molar-refractivity contribution in [2.45, 2.75) is 361 Å². The highest BCUT2D eigenvalue weighted by Gasteiger charge is 2.19. The largest absolute Gasteiger partial charge is 0.462 e. The summed E-state index contributed by atoms with van der Waals surface area (Å²) in [6.07, 6.45) is 88.1. The van der Waals surface area contributed by atoms with Crippen molar-refractivity contribution in [3.05, 3.63) is 72.9 Å². The SMILES string of the molecule is CC/C=C\C/C=C\C/C=C\C/C=C\CCCCC(=O)OC(COC(=O)CCCCCCC/C=C\C/C=C\CCCCC)COC(=O)CCCCCCCCCCCCCCCCCCCCCCCCCCCCCCCCC. The van der Waals surface area contributed by atoms with Crippen molar-refractivity contribution in [2.24, 2.45) is 0 Å². The van der Waals surface area contributed by atoms with E-state index in [0.29, 0.717) is 19.3 Å². The number of ether oxygens (including phenoxy) is 3. The summed E-state index contributed by atoms with van der Waals surface area (Å²) in [6.45, 7) is 6.50. The van der Waals surface area contributed by atoms with Gasteiger partial charge in [0.2, 0.25) is 0 Å². The average Bonchev–Trinajstić information content (AvgIpc) is 3.45. The van der Waals surface area contributed by atoms with Crippen LogP contribution in [-0.2, 0) is 28.6 Å². The molecule has 0 rings (SSSR count). The predicted molar refractivity (Wildman–Crippen MR) is 344 cm³/mol. The second kappa shape index (κ2) is 67.4. The van der Waals surface area contributed by atoms with E-state index in [4.69, 9.17) is 14.2 Å². The number of hydrogen-bond donors (Lipinski definition) is 0. The molecule has 0 aromatic rings. The van der Waals surface area contributed by atoms with E-state index < -0.39 is 6.10 Å². The summed E-state index contributed by atoms with van der Waals surface area (Å²) in [6, 6.07) is 0. The molecule has 0 aliphatic rings. The van der Waals surface area contributed by atoms with Gasteiger partial charge in [0.1, 0.15) is 13.2 Å². The zero-order chi connectivity index (χ0) is 57.1. The minimum atomic E-state index is -0.803. The highest BCUT2D eigenvalue weighted by Crippen LogP contribution is 2.18. The molecule has 0 saturated heterocycles. The van der Waals surface area contributed by atoms with E-state index in [1.807, 2.05) is 0 Å². The molecule has 0 N–H and O–H groups in total. The molecule has 0 saturated carbocycles. The van der Waals surface area contributed by atoms with Crippen LogP contribution in [-0.4, -0.2) is 37.2 Å². The Balaban J connectivity index is 4.19. The molecule has 0 radical (unpaired) electrons. The molecule has 0 amide bonds. The van der Waals surface area contributed by atoms with E-state index in [0.717, 1.165) is 103 Å². The predicted octanol–water partition coefficient (Wildman–Crippen LogP) is 23.7. The first kappa shape index (κ1) is 75.8. The summed E-state index contributed by atoms with van der Waals surface area (Å²) in [7, 11) is 0. The normalized spacial score (nSPS) is 12.5. The van der Waals surface area contributed by atoms with Crippen LogP contribution in [0.15, 0.2) is 72.9 Å². The second-order valence-corrected chi connectivity index (χ2v) is 23.1. The van der Waals surface area contributed by atoms with Gasteiger partial charge in [0, 0.05) is 19.3 Å². The Morgan fingerprint density at radius 3 is 0.823 bits per heavy atom. The molecule has 6 heteroatoms. The monoisotopic (exact) mass is 1100 g/mol. The van der Waals surface area contributed by atoms with Gasteiger partial charge in [-0.1, -0.05) is 318 Å². The van der Waals surface area contributed by atoms with Crippen molar-refractivity contribution in [3.8, 4) is 0 Å². The smallest absolute Gasteiger partial charge is 0.306 e. The van der Waals surface area contributed by atoms with Crippen LogP contribution in [0.25, 0.3) is 0 Å². The molecule has 6 nitrogen and oxygen atoms in total. The summed E-state index contributed by atoms with van der Waals surface area (Å²) in [5, 5.41) is 0. The summed E-state index contributed by atoms with van der Waals surface area (Å²) < 4.78 is 16.9. The van der Waals surface area contributed by atoms with Gasteiger partial charge in [-0.15, -0.1) is 0 Å². The van der Waals surface area contributed by atoms with Gasteiger partial charge in [0.05, 0.1) is 0 Å². The molecule has 0 aliphatic heterocycles. The molecule has 458 valence electrons. The Morgan fingerprint density at radius 1 is 0.266 bits per heavy atom. The maximum atomic E-state index is 12.9. The molecule has 0 fully saturated rings. The van der Waals surface area contributed by atoms with Crippen LogP contribution in [0.3, 0.4) is 0 Å². The standard InChI is InChI=1S/C73H130O6/c1-4-7-10-13-16-19-22-25-28-29-30-31-32-33-34-35-36-37-38-39-40-41-42-43-46-48-51-54-57-60-63-66-72(75)78-69-70(79-73(76)67-64-61-58-55-52-49-45-27-24-21-18-15-12-9-6-3)68-77-71(74)65-62-59-56-53-50-47-44-26-23-20-17-14-11-8-5-2/h9,12,17-18,20-21,26-27,44-45,52,55,70H,4-8,10-11,13-16,19,22-25,28-43,46-51,53-54,56-69H2,1-3H3/b12-9-,20-17-,21-18-,44-26-,45-27-,55-52-. The molecule has 0 aromatic carbocycles. The highest BCUT2D eigenvalue weighted by molar-refractivity contribution is 5.71. The fraction of sp³-hybridized carbons (Fsp3) is 0.795. The van der Waals surface area contributed by atoms with Crippen LogP contribution in [0.2, 0.25) is 0 Å². The van der Waals surface area contributed by atoms with Gasteiger partial charge in [-0.05, 0) is 89.9 Å². The molecular formula is C73H130O6. The van der Waals surface area contributed by atoms with Crippen molar-refractivity contribution in [2.75, 3.05) is 13.2 Å². The summed E-state index contributed by atoms with van der Waals surface area (Å²) in [5.41, 5.74) is 0. The van der Waals surface area contributed by atoms with Crippen molar-refractivity contribution < 1.29 is 28.6 Å². The number of hydrogen-bond acceptors (Lipinski definition) is 6. The van der Waals surface area contributed by atoms with Crippen LogP contribution < -0.4 is 0 Å². The maximum Gasteiger partial charge on any atom is 0.306 e. The lowest BCUT2D eigenvalue weighted by molar-refractivity contribution is -0.167. The third-order valence-corrected chi connectivity index (χ3v) is 15.2. The molecular weight excluding hydrogens is 973 g/mol. The van der Waals surface area contributed by atoms with Crippen LogP contribution in [0, 0.1) is 0 Å². The average molecular weight is 1100 g/mol. The van der Waals surface area contributed by atoms with Gasteiger partial charge in [-0.3, -0.25) is 14.4 Å². The Labute approximate surface area is 491 Å².